The van der Waals surface area contributed by atoms with Gasteiger partial charge >= 0.3 is 5.97 Å². The van der Waals surface area contributed by atoms with Crippen molar-refractivity contribution in [1.82, 2.24) is 0 Å². The molecule has 0 aliphatic carbocycles. The number of methoxy groups -OCH3 is 1. The average Bonchev–Trinajstić information content (AvgIpc) is 2.84. The lowest BCUT2D eigenvalue weighted by Gasteiger charge is -2.27. The molecule has 0 saturated carbocycles. The Hall–Kier alpha value is -3.18. The second-order valence-electron chi connectivity index (χ2n) is 7.00. The van der Waals surface area contributed by atoms with E-state index in [2.05, 4.69) is 29.2 Å². The van der Waals surface area contributed by atoms with Crippen LogP contribution in [0.4, 0.5) is 15.8 Å². The van der Waals surface area contributed by atoms with Crippen LogP contribution in [0.5, 0.6) is 0 Å². The Morgan fingerprint density at radius 3 is 1.87 bits per heavy atom. The zero-order valence-electron chi connectivity index (χ0n) is 18.1. The van der Waals surface area contributed by atoms with E-state index in [0.717, 1.165) is 24.0 Å². The molecule has 0 heterocycles. The van der Waals surface area contributed by atoms with Gasteiger partial charge in [0.2, 0.25) is 0 Å². The molecule has 3 aromatic carbocycles. The molecule has 1 N–H and O–H groups in total. The summed E-state index contributed by atoms with van der Waals surface area (Å²) in [5.74, 6) is -0.673. The first-order valence-corrected chi connectivity index (χ1v) is 10.3. The highest BCUT2D eigenvalue weighted by atomic mass is 19.1. The van der Waals surface area contributed by atoms with Crippen LogP contribution < -0.4 is 4.90 Å². The van der Waals surface area contributed by atoms with Crippen LogP contribution in [0.1, 0.15) is 18.4 Å². The van der Waals surface area contributed by atoms with E-state index in [9.17, 15) is 9.18 Å². The second-order valence-corrected chi connectivity index (χ2v) is 7.00. The van der Waals surface area contributed by atoms with E-state index in [1.807, 2.05) is 36.4 Å². The number of aliphatic hydroxyl groups is 1. The molecule has 0 radical (unpaired) electrons. The number of benzene rings is 3. The van der Waals surface area contributed by atoms with E-state index in [-0.39, 0.29) is 17.7 Å². The van der Waals surface area contributed by atoms with Crippen molar-refractivity contribution in [2.45, 2.75) is 19.3 Å². The van der Waals surface area contributed by atoms with Gasteiger partial charge in [-0.2, -0.15) is 0 Å². The summed E-state index contributed by atoms with van der Waals surface area (Å²) in [6, 6.07) is 26.7. The summed E-state index contributed by atoms with van der Waals surface area (Å²) in [6.07, 6.45) is 2.03. The molecule has 1 atom stereocenters. The third kappa shape index (κ3) is 7.54. The molecule has 0 amide bonds. The highest BCUT2D eigenvalue weighted by molar-refractivity contribution is 5.72. The van der Waals surface area contributed by atoms with E-state index < -0.39 is 0 Å². The Morgan fingerprint density at radius 2 is 1.39 bits per heavy atom. The third-order valence-corrected chi connectivity index (χ3v) is 5.07. The van der Waals surface area contributed by atoms with E-state index >= 15 is 0 Å². The molecule has 0 bridgehead atoms. The predicted octanol–water partition coefficient (Wildman–Crippen LogP) is 5.38. The number of nitrogens with zero attached hydrogens (tertiary/aromatic N) is 1. The first kappa shape index (κ1) is 24.1. The van der Waals surface area contributed by atoms with Crippen LogP contribution in [-0.2, 0) is 16.0 Å². The van der Waals surface area contributed by atoms with Gasteiger partial charge < -0.3 is 14.7 Å². The van der Waals surface area contributed by atoms with Crippen LogP contribution in [-0.4, -0.2) is 31.8 Å². The van der Waals surface area contributed by atoms with Crippen molar-refractivity contribution in [1.29, 1.82) is 0 Å². The number of hydrogen-bond donors (Lipinski definition) is 1. The monoisotopic (exact) mass is 423 g/mol. The molecule has 31 heavy (non-hydrogen) atoms. The number of rotatable bonds is 9. The average molecular weight is 424 g/mol. The molecule has 0 aliphatic rings. The minimum atomic E-state index is -0.250. The van der Waals surface area contributed by atoms with Crippen LogP contribution in [0.25, 0.3) is 0 Å². The zero-order valence-corrected chi connectivity index (χ0v) is 18.1. The molecule has 0 unspecified atom stereocenters. The lowest BCUT2D eigenvalue weighted by atomic mass is 9.96. The standard InChI is InChI=1S/C25H26FNO2.CH4O/c1-29-25(28)21(15-12-20-13-16-22(26)17-14-20)18-19-27(23-8-4-2-5-9-23)24-10-6-3-7-11-24;1-2/h2-11,13-14,16-17,21H,12,15,18-19H2,1H3;2H,1H3/t21-;/m1./s1. The van der Waals surface area contributed by atoms with E-state index in [0.29, 0.717) is 25.8 Å². The molecule has 0 aliphatic heterocycles. The van der Waals surface area contributed by atoms with Crippen molar-refractivity contribution in [2.75, 3.05) is 25.7 Å². The number of aliphatic hydroxyl groups excluding tert-OH is 1. The molecule has 0 saturated heterocycles. The van der Waals surface area contributed by atoms with Crippen LogP contribution in [0, 0.1) is 11.7 Å². The highest BCUT2D eigenvalue weighted by Crippen LogP contribution is 2.27. The number of halogens is 1. The number of esters is 1. The van der Waals surface area contributed by atoms with Gasteiger partial charge in [-0.1, -0.05) is 48.5 Å². The summed E-state index contributed by atoms with van der Waals surface area (Å²) < 4.78 is 18.2. The fourth-order valence-electron chi connectivity index (χ4n) is 3.45. The van der Waals surface area contributed by atoms with Gasteiger partial charge in [0.25, 0.3) is 0 Å². The lowest BCUT2D eigenvalue weighted by Crippen LogP contribution is -2.25. The quantitative estimate of drug-likeness (QED) is 0.469. The Morgan fingerprint density at radius 1 is 0.871 bits per heavy atom. The van der Waals surface area contributed by atoms with E-state index in [1.165, 1.54) is 19.2 Å². The lowest BCUT2D eigenvalue weighted by molar-refractivity contribution is -0.145. The molecule has 0 aromatic heterocycles. The number of aryl methyl sites for hydroxylation is 1. The van der Waals surface area contributed by atoms with Crippen LogP contribution in [0.2, 0.25) is 0 Å². The van der Waals surface area contributed by atoms with Gasteiger partial charge in [0, 0.05) is 25.0 Å². The van der Waals surface area contributed by atoms with Crippen molar-refractivity contribution >= 4 is 17.3 Å². The Labute approximate surface area is 183 Å². The summed E-state index contributed by atoms with van der Waals surface area (Å²) in [4.78, 5) is 14.6. The Kier molecular flexibility index (Phi) is 10.3. The number of carbonyl (C=O) groups is 1. The maximum absolute atomic E-state index is 13.1. The first-order chi connectivity index (χ1) is 15.2. The van der Waals surface area contributed by atoms with Crippen LogP contribution in [0.3, 0.4) is 0 Å². The molecule has 3 rings (SSSR count). The van der Waals surface area contributed by atoms with Gasteiger partial charge in [0.05, 0.1) is 13.0 Å². The Bertz CT molecular complexity index is 846. The number of ether oxygens (including phenoxy) is 1. The molecule has 0 fully saturated rings. The summed E-state index contributed by atoms with van der Waals surface area (Å²) in [5.41, 5.74) is 3.19. The maximum atomic E-state index is 13.1. The number of anilines is 2. The Balaban J connectivity index is 0.00000166. The minimum Gasteiger partial charge on any atom is -0.469 e. The largest absolute Gasteiger partial charge is 0.469 e. The smallest absolute Gasteiger partial charge is 0.308 e. The minimum absolute atomic E-state index is 0.201. The van der Waals surface area contributed by atoms with Crippen molar-refractivity contribution in [3.63, 3.8) is 0 Å². The molecular formula is C26H30FNO3. The van der Waals surface area contributed by atoms with Crippen LogP contribution in [0.15, 0.2) is 84.9 Å². The van der Waals surface area contributed by atoms with Crippen molar-refractivity contribution in [2.24, 2.45) is 5.92 Å². The van der Waals surface area contributed by atoms with Crippen LogP contribution >= 0.6 is 0 Å². The van der Waals surface area contributed by atoms with Gasteiger partial charge in [-0.25, -0.2) is 4.39 Å². The zero-order chi connectivity index (χ0) is 22.5. The van der Waals surface area contributed by atoms with E-state index in [1.54, 1.807) is 12.1 Å². The van der Waals surface area contributed by atoms with E-state index in [4.69, 9.17) is 9.84 Å². The third-order valence-electron chi connectivity index (χ3n) is 5.07. The van der Waals surface area contributed by atoms with Gasteiger partial charge in [0.15, 0.2) is 0 Å². The summed E-state index contributed by atoms with van der Waals surface area (Å²) in [6.45, 7) is 0.692. The predicted molar refractivity (Wildman–Crippen MR) is 123 cm³/mol. The number of hydrogen-bond acceptors (Lipinski definition) is 4. The molecular weight excluding hydrogens is 393 g/mol. The van der Waals surface area contributed by atoms with Crippen molar-refractivity contribution in [3.05, 3.63) is 96.3 Å². The second kappa shape index (κ2) is 13.2. The number of para-hydroxylation sites is 2. The molecule has 3 aromatic rings. The summed E-state index contributed by atoms with van der Waals surface area (Å²) in [7, 11) is 2.43. The van der Waals surface area contributed by atoms with Crippen molar-refractivity contribution in [3.8, 4) is 0 Å². The highest BCUT2D eigenvalue weighted by Gasteiger charge is 2.21. The fraction of sp³-hybridized carbons (Fsp3) is 0.269. The van der Waals surface area contributed by atoms with Gasteiger partial charge in [0.1, 0.15) is 5.82 Å². The molecule has 4 nitrogen and oxygen atoms in total. The summed E-state index contributed by atoms with van der Waals surface area (Å²) >= 11 is 0. The normalized spacial score (nSPS) is 11.1. The molecule has 0 spiro atoms. The number of carbonyl (C=O) groups excluding carboxylic acids is 1. The fourth-order valence-corrected chi connectivity index (χ4v) is 3.45. The van der Waals surface area contributed by atoms with Gasteiger partial charge in [-0.3, -0.25) is 4.79 Å². The van der Waals surface area contributed by atoms with Crippen molar-refractivity contribution < 1.29 is 19.0 Å². The molecule has 5 heteroatoms. The maximum Gasteiger partial charge on any atom is 0.308 e. The topological polar surface area (TPSA) is 49.8 Å². The SMILES string of the molecule is CO.COC(=O)[C@H](CCc1ccc(F)cc1)CCN(c1ccccc1)c1ccccc1. The van der Waals surface area contributed by atoms with Gasteiger partial charge in [-0.05, 0) is 61.2 Å². The molecule has 164 valence electrons. The first-order valence-electron chi connectivity index (χ1n) is 10.3. The summed E-state index contributed by atoms with van der Waals surface area (Å²) in [5, 5.41) is 7.00. The van der Waals surface area contributed by atoms with Gasteiger partial charge in [-0.15, -0.1) is 0 Å².